The van der Waals surface area contributed by atoms with Crippen molar-refractivity contribution < 1.29 is 9.66 Å². The van der Waals surface area contributed by atoms with Crippen molar-refractivity contribution in [2.75, 3.05) is 18.5 Å². The van der Waals surface area contributed by atoms with E-state index in [1.54, 1.807) is 6.07 Å². The normalized spacial score (nSPS) is 10.1. The fourth-order valence-electron chi connectivity index (χ4n) is 1.34. The molecule has 0 spiro atoms. The topological polar surface area (TPSA) is 77.3 Å². The molecule has 0 saturated heterocycles. The molecular weight excluding hydrogens is 234 g/mol. The van der Waals surface area contributed by atoms with Crippen molar-refractivity contribution >= 4 is 11.5 Å². The first-order chi connectivity index (χ1) is 8.69. The molecule has 18 heavy (non-hydrogen) atoms. The Bertz CT molecular complexity index is 396. The monoisotopic (exact) mass is 253 g/mol. The van der Waals surface area contributed by atoms with Crippen LogP contribution < -0.4 is 10.1 Å². The van der Waals surface area contributed by atoms with Crippen LogP contribution in [0, 0.1) is 10.1 Å². The summed E-state index contributed by atoms with van der Waals surface area (Å²) in [5, 5.41) is 13.9. The standard InChI is InChI=1S/C12H19N3O3/c1-3-5-9-18-12-10(15(16)17)6-7-11(14-12)13-8-4-2/h6-7H,3-5,8-9H2,1-2H3,(H,13,14). The molecule has 6 heteroatoms. The van der Waals surface area contributed by atoms with E-state index in [1.807, 2.05) is 13.8 Å². The highest BCUT2D eigenvalue weighted by Crippen LogP contribution is 2.26. The highest BCUT2D eigenvalue weighted by Gasteiger charge is 2.17. The second-order valence-corrected chi connectivity index (χ2v) is 3.91. The summed E-state index contributed by atoms with van der Waals surface area (Å²) in [6.07, 6.45) is 2.79. The molecule has 0 amide bonds. The molecule has 1 aromatic heterocycles. The van der Waals surface area contributed by atoms with Crippen molar-refractivity contribution in [2.45, 2.75) is 33.1 Å². The van der Waals surface area contributed by atoms with Crippen LogP contribution in [0.3, 0.4) is 0 Å². The number of rotatable bonds is 8. The van der Waals surface area contributed by atoms with Gasteiger partial charge in [-0.05, 0) is 18.9 Å². The molecule has 1 heterocycles. The van der Waals surface area contributed by atoms with E-state index in [0.717, 1.165) is 25.8 Å². The lowest BCUT2D eigenvalue weighted by atomic mass is 10.3. The average molecular weight is 253 g/mol. The number of unbranched alkanes of at least 4 members (excludes halogenated alkanes) is 1. The van der Waals surface area contributed by atoms with Crippen molar-refractivity contribution in [3.8, 4) is 5.88 Å². The van der Waals surface area contributed by atoms with Crippen molar-refractivity contribution in [3.63, 3.8) is 0 Å². The number of hydrogen-bond acceptors (Lipinski definition) is 5. The molecular formula is C12H19N3O3. The van der Waals surface area contributed by atoms with Gasteiger partial charge >= 0.3 is 5.69 Å². The number of nitro groups is 1. The first kappa shape index (κ1) is 14.2. The van der Waals surface area contributed by atoms with E-state index >= 15 is 0 Å². The summed E-state index contributed by atoms with van der Waals surface area (Å²) in [4.78, 5) is 14.5. The van der Waals surface area contributed by atoms with E-state index in [-0.39, 0.29) is 11.6 Å². The quantitative estimate of drug-likeness (QED) is 0.438. The van der Waals surface area contributed by atoms with Crippen LogP contribution in [-0.4, -0.2) is 23.1 Å². The lowest BCUT2D eigenvalue weighted by molar-refractivity contribution is -0.386. The van der Waals surface area contributed by atoms with Crippen LogP contribution in [0.1, 0.15) is 33.1 Å². The van der Waals surface area contributed by atoms with Gasteiger partial charge in [0, 0.05) is 12.6 Å². The van der Waals surface area contributed by atoms with Gasteiger partial charge in [0.2, 0.25) is 0 Å². The maximum absolute atomic E-state index is 10.8. The van der Waals surface area contributed by atoms with Crippen LogP contribution in [0.5, 0.6) is 5.88 Å². The number of ether oxygens (including phenoxy) is 1. The van der Waals surface area contributed by atoms with Gasteiger partial charge in [-0.25, -0.2) is 0 Å². The number of aromatic nitrogens is 1. The third-order valence-corrected chi connectivity index (χ3v) is 2.33. The van der Waals surface area contributed by atoms with Crippen molar-refractivity contribution in [1.82, 2.24) is 4.98 Å². The van der Waals surface area contributed by atoms with E-state index < -0.39 is 4.92 Å². The zero-order valence-corrected chi connectivity index (χ0v) is 10.8. The Kier molecular flexibility index (Phi) is 5.90. The van der Waals surface area contributed by atoms with Gasteiger partial charge in [-0.15, -0.1) is 0 Å². The minimum atomic E-state index is -0.474. The van der Waals surface area contributed by atoms with Gasteiger partial charge in [0.25, 0.3) is 5.88 Å². The van der Waals surface area contributed by atoms with Gasteiger partial charge in [-0.1, -0.05) is 20.3 Å². The summed E-state index contributed by atoms with van der Waals surface area (Å²) >= 11 is 0. The second-order valence-electron chi connectivity index (χ2n) is 3.91. The van der Waals surface area contributed by atoms with Gasteiger partial charge < -0.3 is 10.1 Å². The van der Waals surface area contributed by atoms with Crippen LogP contribution in [0.2, 0.25) is 0 Å². The van der Waals surface area contributed by atoms with E-state index in [1.165, 1.54) is 6.07 Å². The van der Waals surface area contributed by atoms with Crippen LogP contribution in [-0.2, 0) is 0 Å². The zero-order chi connectivity index (χ0) is 13.4. The second kappa shape index (κ2) is 7.47. The maximum atomic E-state index is 10.8. The Morgan fingerprint density at radius 2 is 2.17 bits per heavy atom. The highest BCUT2D eigenvalue weighted by molar-refractivity contribution is 5.49. The van der Waals surface area contributed by atoms with Crippen molar-refractivity contribution in [2.24, 2.45) is 0 Å². The Hall–Kier alpha value is -1.85. The molecule has 1 rings (SSSR count). The molecule has 0 fully saturated rings. The number of anilines is 1. The third kappa shape index (κ3) is 4.20. The van der Waals surface area contributed by atoms with E-state index in [0.29, 0.717) is 12.4 Å². The first-order valence-corrected chi connectivity index (χ1v) is 6.21. The molecule has 0 aliphatic heterocycles. The van der Waals surface area contributed by atoms with Gasteiger partial charge in [-0.2, -0.15) is 4.98 Å². The fraction of sp³-hybridized carbons (Fsp3) is 0.583. The minimum Gasteiger partial charge on any atom is -0.473 e. The van der Waals surface area contributed by atoms with E-state index in [9.17, 15) is 10.1 Å². The Balaban J connectivity index is 2.82. The smallest absolute Gasteiger partial charge is 0.331 e. The summed E-state index contributed by atoms with van der Waals surface area (Å²) in [7, 11) is 0. The van der Waals surface area contributed by atoms with Crippen molar-refractivity contribution in [3.05, 3.63) is 22.2 Å². The van der Waals surface area contributed by atoms with E-state index in [2.05, 4.69) is 10.3 Å². The molecule has 6 nitrogen and oxygen atoms in total. The van der Waals surface area contributed by atoms with Crippen LogP contribution >= 0.6 is 0 Å². The molecule has 100 valence electrons. The SMILES string of the molecule is CCCCOc1nc(NCCC)ccc1[N+](=O)[O-]. The third-order valence-electron chi connectivity index (χ3n) is 2.33. The molecule has 0 aliphatic carbocycles. The molecule has 0 aliphatic rings. The average Bonchev–Trinajstić information content (AvgIpc) is 2.36. The lowest BCUT2D eigenvalue weighted by Crippen LogP contribution is -2.06. The lowest BCUT2D eigenvalue weighted by Gasteiger charge is -2.08. The van der Waals surface area contributed by atoms with Gasteiger partial charge in [0.15, 0.2) is 0 Å². The molecule has 0 unspecified atom stereocenters. The molecule has 1 N–H and O–H groups in total. The maximum Gasteiger partial charge on any atom is 0.331 e. The minimum absolute atomic E-state index is 0.0897. The van der Waals surface area contributed by atoms with Crippen molar-refractivity contribution in [1.29, 1.82) is 0 Å². The molecule has 0 aromatic carbocycles. The molecule has 0 bridgehead atoms. The summed E-state index contributed by atoms with van der Waals surface area (Å²) in [6.45, 7) is 5.29. The van der Waals surface area contributed by atoms with Crippen LogP contribution in [0.15, 0.2) is 12.1 Å². The largest absolute Gasteiger partial charge is 0.473 e. The zero-order valence-electron chi connectivity index (χ0n) is 10.8. The Labute approximate surface area is 107 Å². The summed E-state index contributed by atoms with van der Waals surface area (Å²) in [5.41, 5.74) is -0.0897. The fourth-order valence-corrected chi connectivity index (χ4v) is 1.34. The summed E-state index contributed by atoms with van der Waals surface area (Å²) in [6, 6.07) is 3.02. The van der Waals surface area contributed by atoms with Gasteiger partial charge in [0.1, 0.15) is 5.82 Å². The Morgan fingerprint density at radius 3 is 2.78 bits per heavy atom. The predicted molar refractivity (Wildman–Crippen MR) is 70.1 cm³/mol. The summed E-state index contributed by atoms with van der Waals surface area (Å²) in [5.74, 6) is 0.698. The highest BCUT2D eigenvalue weighted by atomic mass is 16.6. The Morgan fingerprint density at radius 1 is 1.39 bits per heavy atom. The van der Waals surface area contributed by atoms with Gasteiger partial charge in [-0.3, -0.25) is 10.1 Å². The molecule has 0 radical (unpaired) electrons. The number of hydrogen-bond donors (Lipinski definition) is 1. The van der Waals surface area contributed by atoms with Crippen LogP contribution in [0.25, 0.3) is 0 Å². The van der Waals surface area contributed by atoms with Crippen LogP contribution in [0.4, 0.5) is 11.5 Å². The molecule has 1 aromatic rings. The first-order valence-electron chi connectivity index (χ1n) is 6.21. The number of pyridine rings is 1. The number of nitrogens with zero attached hydrogens (tertiary/aromatic N) is 2. The molecule has 0 saturated carbocycles. The predicted octanol–water partition coefficient (Wildman–Crippen LogP) is 2.99. The molecule has 0 atom stereocenters. The number of nitrogens with one attached hydrogen (secondary N) is 1. The summed E-state index contributed by atoms with van der Waals surface area (Å²) < 4.78 is 5.37. The van der Waals surface area contributed by atoms with Gasteiger partial charge in [0.05, 0.1) is 11.5 Å². The van der Waals surface area contributed by atoms with E-state index in [4.69, 9.17) is 4.74 Å².